The van der Waals surface area contributed by atoms with Crippen molar-refractivity contribution in [2.75, 3.05) is 11.9 Å². The van der Waals surface area contributed by atoms with E-state index in [0.717, 1.165) is 17.7 Å². The highest BCUT2D eigenvalue weighted by molar-refractivity contribution is 9.10. The van der Waals surface area contributed by atoms with E-state index in [-0.39, 0.29) is 5.56 Å². The van der Waals surface area contributed by atoms with Crippen LogP contribution in [0.2, 0.25) is 0 Å². The summed E-state index contributed by atoms with van der Waals surface area (Å²) in [6, 6.07) is 7.87. The van der Waals surface area contributed by atoms with Gasteiger partial charge in [0, 0.05) is 13.1 Å². The molecule has 1 aromatic heterocycles. The maximum absolute atomic E-state index is 12.1. The van der Waals surface area contributed by atoms with Gasteiger partial charge in [-0.2, -0.15) is 5.10 Å². The molecule has 0 bridgehead atoms. The third-order valence-corrected chi connectivity index (χ3v) is 3.90. The molecule has 0 aliphatic heterocycles. The minimum Gasteiger partial charge on any atom is -0.494 e. The molecule has 0 radical (unpaired) electrons. The average molecular weight is 366 g/mol. The molecule has 0 saturated heterocycles. The Bertz CT molecular complexity index is 668. The molecule has 0 unspecified atom stereocenters. The SMILES string of the molecule is CCCn1ncc(NCc2ccc(OCC)cc2)c(Br)c1=O. The van der Waals surface area contributed by atoms with Crippen molar-refractivity contribution in [1.82, 2.24) is 9.78 Å². The van der Waals surface area contributed by atoms with Crippen LogP contribution in [-0.2, 0) is 13.1 Å². The van der Waals surface area contributed by atoms with E-state index < -0.39 is 0 Å². The number of aromatic nitrogens is 2. The molecule has 0 spiro atoms. The van der Waals surface area contributed by atoms with E-state index in [9.17, 15) is 4.79 Å². The number of benzene rings is 1. The van der Waals surface area contributed by atoms with Gasteiger partial charge >= 0.3 is 0 Å². The molecule has 0 aliphatic rings. The largest absolute Gasteiger partial charge is 0.494 e. The molecule has 0 atom stereocenters. The van der Waals surface area contributed by atoms with Crippen molar-refractivity contribution in [1.29, 1.82) is 0 Å². The van der Waals surface area contributed by atoms with Crippen molar-refractivity contribution in [2.24, 2.45) is 0 Å². The van der Waals surface area contributed by atoms with Crippen molar-refractivity contribution in [3.63, 3.8) is 0 Å². The zero-order valence-corrected chi connectivity index (χ0v) is 14.4. The predicted octanol–water partition coefficient (Wildman–Crippen LogP) is 3.43. The number of hydrogen-bond donors (Lipinski definition) is 1. The standard InChI is InChI=1S/C16H20BrN3O2/c1-3-9-20-16(21)15(17)14(11-19-20)18-10-12-5-7-13(8-6-12)22-4-2/h5-8,11,18H,3-4,9-10H2,1-2H3. The molecule has 118 valence electrons. The first-order valence-corrected chi connectivity index (χ1v) is 8.16. The van der Waals surface area contributed by atoms with Crippen LogP contribution < -0.4 is 15.6 Å². The summed E-state index contributed by atoms with van der Waals surface area (Å²) in [7, 11) is 0. The molecular weight excluding hydrogens is 346 g/mol. The first kappa shape index (κ1) is 16.5. The Kier molecular flexibility index (Phi) is 6.00. The molecule has 22 heavy (non-hydrogen) atoms. The van der Waals surface area contributed by atoms with Crippen LogP contribution in [-0.4, -0.2) is 16.4 Å². The van der Waals surface area contributed by atoms with Crippen LogP contribution in [0, 0.1) is 0 Å². The summed E-state index contributed by atoms with van der Waals surface area (Å²) >= 11 is 3.35. The van der Waals surface area contributed by atoms with E-state index in [4.69, 9.17) is 4.74 Å². The number of ether oxygens (including phenoxy) is 1. The minimum absolute atomic E-state index is 0.112. The number of aryl methyl sites for hydroxylation is 1. The van der Waals surface area contributed by atoms with Crippen LogP contribution in [0.15, 0.2) is 39.7 Å². The molecule has 1 heterocycles. The summed E-state index contributed by atoms with van der Waals surface area (Å²) in [5, 5.41) is 7.40. The zero-order chi connectivity index (χ0) is 15.9. The Morgan fingerprint density at radius 2 is 2.00 bits per heavy atom. The first-order chi connectivity index (χ1) is 10.7. The van der Waals surface area contributed by atoms with E-state index in [1.807, 2.05) is 38.1 Å². The van der Waals surface area contributed by atoms with E-state index in [1.165, 1.54) is 4.68 Å². The Labute approximate surface area is 138 Å². The van der Waals surface area contributed by atoms with Gasteiger partial charge in [0.25, 0.3) is 5.56 Å². The highest BCUT2D eigenvalue weighted by Gasteiger charge is 2.08. The summed E-state index contributed by atoms with van der Waals surface area (Å²) in [4.78, 5) is 12.1. The Morgan fingerprint density at radius 1 is 1.27 bits per heavy atom. The van der Waals surface area contributed by atoms with Crippen LogP contribution in [0.25, 0.3) is 0 Å². The van der Waals surface area contributed by atoms with Crippen molar-refractivity contribution < 1.29 is 4.74 Å². The van der Waals surface area contributed by atoms with Gasteiger partial charge in [-0.3, -0.25) is 4.79 Å². The van der Waals surface area contributed by atoms with Crippen molar-refractivity contribution >= 4 is 21.6 Å². The summed E-state index contributed by atoms with van der Waals surface area (Å²) in [5.41, 5.74) is 1.69. The van der Waals surface area contributed by atoms with Gasteiger partial charge < -0.3 is 10.1 Å². The fraction of sp³-hybridized carbons (Fsp3) is 0.375. The number of halogens is 1. The van der Waals surface area contributed by atoms with Gasteiger partial charge in [0.2, 0.25) is 0 Å². The quantitative estimate of drug-likeness (QED) is 0.816. The third-order valence-electron chi connectivity index (χ3n) is 3.14. The fourth-order valence-electron chi connectivity index (χ4n) is 2.03. The number of hydrogen-bond acceptors (Lipinski definition) is 4. The Hall–Kier alpha value is -1.82. The summed E-state index contributed by atoms with van der Waals surface area (Å²) in [5.74, 6) is 0.858. The van der Waals surface area contributed by atoms with Crippen molar-refractivity contribution in [2.45, 2.75) is 33.4 Å². The van der Waals surface area contributed by atoms with Crippen LogP contribution >= 0.6 is 15.9 Å². The number of nitrogens with one attached hydrogen (secondary N) is 1. The van der Waals surface area contributed by atoms with Crippen LogP contribution in [0.1, 0.15) is 25.8 Å². The fourth-order valence-corrected chi connectivity index (χ4v) is 2.47. The number of nitrogens with zero attached hydrogens (tertiary/aromatic N) is 2. The van der Waals surface area contributed by atoms with Gasteiger partial charge in [-0.15, -0.1) is 0 Å². The molecule has 6 heteroatoms. The molecule has 0 saturated carbocycles. The minimum atomic E-state index is -0.112. The number of anilines is 1. The van der Waals surface area contributed by atoms with Gasteiger partial charge in [-0.25, -0.2) is 4.68 Å². The highest BCUT2D eigenvalue weighted by atomic mass is 79.9. The molecule has 0 aliphatic carbocycles. The van der Waals surface area contributed by atoms with Crippen molar-refractivity contribution in [3.8, 4) is 5.75 Å². The smallest absolute Gasteiger partial charge is 0.283 e. The lowest BCUT2D eigenvalue weighted by Gasteiger charge is -2.10. The topological polar surface area (TPSA) is 56.1 Å². The lowest BCUT2D eigenvalue weighted by Crippen LogP contribution is -2.24. The molecule has 5 nitrogen and oxygen atoms in total. The second kappa shape index (κ2) is 7.98. The maximum Gasteiger partial charge on any atom is 0.283 e. The molecular formula is C16H20BrN3O2. The normalized spacial score (nSPS) is 10.5. The van der Waals surface area contributed by atoms with Gasteiger partial charge in [-0.1, -0.05) is 19.1 Å². The molecule has 2 aromatic rings. The summed E-state index contributed by atoms with van der Waals surface area (Å²) in [6.07, 6.45) is 2.55. The van der Waals surface area contributed by atoms with Crippen LogP contribution in [0.4, 0.5) is 5.69 Å². The Morgan fingerprint density at radius 3 is 2.64 bits per heavy atom. The van der Waals surface area contributed by atoms with E-state index in [1.54, 1.807) is 6.20 Å². The van der Waals surface area contributed by atoms with Gasteiger partial charge in [0.05, 0.1) is 18.5 Å². The van der Waals surface area contributed by atoms with E-state index >= 15 is 0 Å². The van der Waals surface area contributed by atoms with Crippen LogP contribution in [0.5, 0.6) is 5.75 Å². The van der Waals surface area contributed by atoms with Gasteiger partial charge in [0.15, 0.2) is 0 Å². The Balaban J connectivity index is 2.05. The monoisotopic (exact) mass is 365 g/mol. The first-order valence-electron chi connectivity index (χ1n) is 7.37. The molecule has 0 fully saturated rings. The van der Waals surface area contributed by atoms with Crippen molar-refractivity contribution in [3.05, 3.63) is 50.9 Å². The summed E-state index contributed by atoms with van der Waals surface area (Å²) < 4.78 is 7.39. The van der Waals surface area contributed by atoms with E-state index in [0.29, 0.717) is 29.9 Å². The summed E-state index contributed by atoms with van der Waals surface area (Å²) in [6.45, 7) is 5.87. The lowest BCUT2D eigenvalue weighted by atomic mass is 10.2. The number of rotatable bonds is 7. The average Bonchev–Trinajstić information content (AvgIpc) is 2.53. The second-order valence-corrected chi connectivity index (χ2v) is 5.62. The van der Waals surface area contributed by atoms with Gasteiger partial charge in [-0.05, 0) is 47.0 Å². The van der Waals surface area contributed by atoms with Gasteiger partial charge in [0.1, 0.15) is 10.2 Å². The maximum atomic E-state index is 12.1. The molecule has 1 aromatic carbocycles. The molecule has 1 N–H and O–H groups in total. The highest BCUT2D eigenvalue weighted by Crippen LogP contribution is 2.18. The van der Waals surface area contributed by atoms with E-state index in [2.05, 4.69) is 26.3 Å². The molecule has 2 rings (SSSR count). The second-order valence-electron chi connectivity index (χ2n) is 4.83. The lowest BCUT2D eigenvalue weighted by molar-refractivity contribution is 0.340. The molecule has 0 amide bonds. The van der Waals surface area contributed by atoms with Crippen LogP contribution in [0.3, 0.4) is 0 Å². The zero-order valence-electron chi connectivity index (χ0n) is 12.8. The predicted molar refractivity (Wildman–Crippen MR) is 91.4 cm³/mol. The third kappa shape index (κ3) is 4.10.